The van der Waals surface area contributed by atoms with Gasteiger partial charge >= 0.3 is 6.18 Å². The highest BCUT2D eigenvalue weighted by atomic mass is 32.2. The molecule has 1 heterocycles. The molecule has 0 bridgehead atoms. The number of nitrogens with one attached hydrogen (secondary N) is 2. The second kappa shape index (κ2) is 8.51. The number of fused-ring (bicyclic) bond motifs is 1. The van der Waals surface area contributed by atoms with Gasteiger partial charge in [-0.05, 0) is 29.8 Å². The van der Waals surface area contributed by atoms with Crippen molar-refractivity contribution in [3.63, 3.8) is 0 Å². The van der Waals surface area contributed by atoms with E-state index < -0.39 is 31.7 Å². The molecule has 2 N–H and O–H groups in total. The quantitative estimate of drug-likeness (QED) is 0.494. The molecule has 10 heteroatoms. The van der Waals surface area contributed by atoms with Crippen LogP contribution in [0.25, 0.3) is 0 Å². The minimum Gasteiger partial charge on any atom is -0.497 e. The molecule has 1 atom stereocenters. The number of anilines is 3. The number of benzene rings is 3. The van der Waals surface area contributed by atoms with Gasteiger partial charge in [-0.15, -0.1) is 0 Å². The summed E-state index contributed by atoms with van der Waals surface area (Å²) in [6, 6.07) is 14.6. The van der Waals surface area contributed by atoms with Crippen LogP contribution in [0.3, 0.4) is 0 Å². The van der Waals surface area contributed by atoms with Gasteiger partial charge < -0.3 is 20.1 Å². The highest BCUT2D eigenvalue weighted by Crippen LogP contribution is 2.43. The number of rotatable bonds is 6. The summed E-state index contributed by atoms with van der Waals surface area (Å²) in [5, 5.41) is 4.70. The minimum absolute atomic E-state index is 0.00256. The summed E-state index contributed by atoms with van der Waals surface area (Å²) in [4.78, 5) is -0.757. The van der Waals surface area contributed by atoms with Crippen molar-refractivity contribution in [3.8, 4) is 11.5 Å². The van der Waals surface area contributed by atoms with E-state index in [9.17, 15) is 21.6 Å². The van der Waals surface area contributed by atoms with Crippen LogP contribution < -0.4 is 20.1 Å². The lowest BCUT2D eigenvalue weighted by Crippen LogP contribution is -2.20. The van der Waals surface area contributed by atoms with Crippen molar-refractivity contribution in [2.24, 2.45) is 0 Å². The summed E-state index contributed by atoms with van der Waals surface area (Å²) < 4.78 is 78.9. The van der Waals surface area contributed by atoms with Gasteiger partial charge in [0.25, 0.3) is 0 Å². The highest BCUT2D eigenvalue weighted by molar-refractivity contribution is 7.91. The van der Waals surface area contributed by atoms with Crippen LogP contribution in [0.15, 0.2) is 65.6 Å². The number of halogens is 3. The maximum atomic E-state index is 14.0. The largest absolute Gasteiger partial charge is 0.497 e. The molecule has 0 spiro atoms. The molecule has 0 aromatic heterocycles. The van der Waals surface area contributed by atoms with Crippen molar-refractivity contribution >= 4 is 26.9 Å². The fourth-order valence-electron chi connectivity index (χ4n) is 3.81. The number of ether oxygens (including phenoxy) is 2. The second-order valence-corrected chi connectivity index (χ2v) is 9.54. The van der Waals surface area contributed by atoms with E-state index >= 15 is 0 Å². The van der Waals surface area contributed by atoms with E-state index in [0.29, 0.717) is 28.4 Å². The summed E-state index contributed by atoms with van der Waals surface area (Å²) in [5.41, 5.74) is 0.318. The van der Waals surface area contributed by atoms with Crippen LogP contribution in [0.1, 0.15) is 16.4 Å². The Bertz CT molecular complexity index is 1270. The molecule has 4 rings (SSSR count). The minimum atomic E-state index is -4.88. The van der Waals surface area contributed by atoms with E-state index in [2.05, 4.69) is 10.6 Å². The molecule has 1 unspecified atom stereocenters. The van der Waals surface area contributed by atoms with Crippen molar-refractivity contribution in [3.05, 3.63) is 71.8 Å². The van der Waals surface area contributed by atoms with Crippen LogP contribution >= 0.6 is 0 Å². The summed E-state index contributed by atoms with van der Waals surface area (Å²) in [6.45, 7) is 0.00256. The molecule has 0 saturated heterocycles. The van der Waals surface area contributed by atoms with Crippen LogP contribution in [-0.2, 0) is 16.0 Å². The Morgan fingerprint density at radius 1 is 0.939 bits per heavy atom. The predicted molar refractivity (Wildman–Crippen MR) is 119 cm³/mol. The van der Waals surface area contributed by atoms with Gasteiger partial charge in [-0.3, -0.25) is 0 Å². The van der Waals surface area contributed by atoms with Crippen LogP contribution in [0.4, 0.5) is 30.2 Å². The molecule has 6 nitrogen and oxygen atoms in total. The van der Waals surface area contributed by atoms with Crippen LogP contribution in [-0.4, -0.2) is 29.2 Å². The normalized spacial score (nSPS) is 15.5. The maximum Gasteiger partial charge on any atom is 0.417 e. The molecule has 0 radical (unpaired) electrons. The Hall–Kier alpha value is -3.40. The van der Waals surface area contributed by atoms with Gasteiger partial charge in [0.1, 0.15) is 16.7 Å². The molecule has 1 aliphatic rings. The van der Waals surface area contributed by atoms with E-state index in [4.69, 9.17) is 9.47 Å². The van der Waals surface area contributed by atoms with Crippen molar-refractivity contribution in [2.75, 3.05) is 31.4 Å². The number of hydrogen-bond acceptors (Lipinski definition) is 6. The molecular formula is C23H21F3N2O4S. The first kappa shape index (κ1) is 22.8. The average molecular weight is 478 g/mol. The van der Waals surface area contributed by atoms with E-state index in [-0.39, 0.29) is 12.2 Å². The summed E-state index contributed by atoms with van der Waals surface area (Å²) >= 11 is 0. The fraction of sp³-hybridized carbons (Fsp3) is 0.217. The van der Waals surface area contributed by atoms with Gasteiger partial charge in [-0.1, -0.05) is 18.2 Å². The maximum absolute atomic E-state index is 14.0. The Balaban J connectivity index is 1.75. The van der Waals surface area contributed by atoms with E-state index in [1.54, 1.807) is 42.5 Å². The van der Waals surface area contributed by atoms with E-state index in [1.165, 1.54) is 20.3 Å². The number of methoxy groups -OCH3 is 2. The molecule has 1 aliphatic heterocycles. The molecule has 0 fully saturated rings. The number of hydrogen-bond donors (Lipinski definition) is 2. The lowest BCUT2D eigenvalue weighted by molar-refractivity contribution is -0.139. The summed E-state index contributed by atoms with van der Waals surface area (Å²) in [5.74, 6) is 0.888. The van der Waals surface area contributed by atoms with Crippen molar-refractivity contribution in [2.45, 2.75) is 16.3 Å². The van der Waals surface area contributed by atoms with Crippen molar-refractivity contribution in [1.29, 1.82) is 0 Å². The summed E-state index contributed by atoms with van der Waals surface area (Å²) in [6.07, 6.45) is -4.88. The third-order valence-electron chi connectivity index (χ3n) is 5.39. The molecule has 0 saturated carbocycles. The zero-order valence-electron chi connectivity index (χ0n) is 17.7. The van der Waals surface area contributed by atoms with Gasteiger partial charge in [-0.25, -0.2) is 8.42 Å². The first-order valence-electron chi connectivity index (χ1n) is 9.91. The van der Waals surface area contributed by atoms with E-state index in [0.717, 1.165) is 12.1 Å². The van der Waals surface area contributed by atoms with Gasteiger partial charge in [0.15, 0.2) is 9.84 Å². The first-order valence-corrected chi connectivity index (χ1v) is 11.5. The van der Waals surface area contributed by atoms with Crippen LogP contribution in [0, 0.1) is 0 Å². The highest BCUT2D eigenvalue weighted by Gasteiger charge is 2.42. The van der Waals surface area contributed by atoms with E-state index in [1.807, 2.05) is 0 Å². The molecule has 0 amide bonds. The summed E-state index contributed by atoms with van der Waals surface area (Å²) in [7, 11) is -1.42. The lowest BCUT2D eigenvalue weighted by Gasteiger charge is -2.19. The smallest absolute Gasteiger partial charge is 0.417 e. The zero-order valence-corrected chi connectivity index (χ0v) is 18.5. The Kier molecular flexibility index (Phi) is 5.87. The second-order valence-electron chi connectivity index (χ2n) is 7.44. The van der Waals surface area contributed by atoms with Gasteiger partial charge in [-0.2, -0.15) is 13.2 Å². The average Bonchev–Trinajstić information content (AvgIpc) is 3.23. The van der Waals surface area contributed by atoms with Gasteiger partial charge in [0.05, 0.1) is 24.7 Å². The van der Waals surface area contributed by atoms with Crippen molar-refractivity contribution < 1.29 is 31.1 Å². The topological polar surface area (TPSA) is 76.7 Å². The Labute approximate surface area is 189 Å². The third kappa shape index (κ3) is 4.43. The SMILES string of the molecule is COc1cc(Nc2ccc(S(=O)(=O)C3CNc4ccccc43)c(C(F)(F)F)c2)cc(OC)c1. The third-order valence-corrected chi connectivity index (χ3v) is 7.53. The molecule has 0 aliphatic carbocycles. The van der Waals surface area contributed by atoms with Crippen molar-refractivity contribution in [1.82, 2.24) is 0 Å². The van der Waals surface area contributed by atoms with Gasteiger partial charge in [0, 0.05) is 41.8 Å². The van der Waals surface area contributed by atoms with Crippen LogP contribution in [0.2, 0.25) is 0 Å². The van der Waals surface area contributed by atoms with Gasteiger partial charge in [0.2, 0.25) is 0 Å². The predicted octanol–water partition coefficient (Wildman–Crippen LogP) is 5.41. The Morgan fingerprint density at radius 2 is 1.61 bits per heavy atom. The molecular weight excluding hydrogens is 457 g/mol. The molecule has 3 aromatic carbocycles. The molecule has 33 heavy (non-hydrogen) atoms. The lowest BCUT2D eigenvalue weighted by atomic mass is 10.1. The Morgan fingerprint density at radius 3 is 2.24 bits per heavy atom. The molecule has 3 aromatic rings. The van der Waals surface area contributed by atoms with Crippen LogP contribution in [0.5, 0.6) is 11.5 Å². The monoisotopic (exact) mass is 478 g/mol. The number of alkyl halides is 3. The number of para-hydroxylation sites is 1. The standard InChI is InChI=1S/C23H21F3N2O4S/c1-31-16-9-15(10-17(12-16)32-2)28-14-7-8-21(19(11-14)23(24,25)26)33(29,30)22-13-27-20-6-4-3-5-18(20)22/h3-12,22,27-28H,13H2,1-2H3. The first-order chi connectivity index (χ1) is 15.6. The molecule has 174 valence electrons. The fourth-order valence-corrected chi connectivity index (χ4v) is 5.69. The number of sulfone groups is 1. The zero-order chi connectivity index (χ0) is 23.8.